The second kappa shape index (κ2) is 6.86. The van der Waals surface area contributed by atoms with Crippen molar-refractivity contribution in [1.82, 2.24) is 0 Å². The number of hydrogen-bond acceptors (Lipinski definition) is 2. The SMILES string of the molecule is CCc1cccc(C)c1NC(=O)C(C)(C)c1ccc(OC)cc1. The maximum Gasteiger partial charge on any atom is 0.234 e. The first-order valence-corrected chi connectivity index (χ1v) is 7.94. The van der Waals surface area contributed by atoms with Crippen LogP contribution in [0.3, 0.4) is 0 Å². The van der Waals surface area contributed by atoms with Crippen molar-refractivity contribution in [1.29, 1.82) is 0 Å². The zero-order valence-electron chi connectivity index (χ0n) is 14.6. The molecule has 1 amide bonds. The molecule has 0 radical (unpaired) electrons. The third-order valence-electron chi connectivity index (χ3n) is 4.36. The van der Waals surface area contributed by atoms with Gasteiger partial charge in [-0.15, -0.1) is 0 Å². The Kier molecular flexibility index (Phi) is 5.09. The lowest BCUT2D eigenvalue weighted by molar-refractivity contribution is -0.120. The minimum atomic E-state index is -0.625. The average Bonchev–Trinajstić information content (AvgIpc) is 2.56. The molecular weight excluding hydrogens is 286 g/mol. The number of methoxy groups -OCH3 is 1. The van der Waals surface area contributed by atoms with E-state index in [1.165, 1.54) is 0 Å². The van der Waals surface area contributed by atoms with E-state index in [-0.39, 0.29) is 5.91 Å². The number of benzene rings is 2. The zero-order valence-corrected chi connectivity index (χ0v) is 14.6. The number of hydrogen-bond donors (Lipinski definition) is 1. The Balaban J connectivity index is 2.28. The highest BCUT2D eigenvalue weighted by molar-refractivity contribution is 5.99. The number of nitrogens with one attached hydrogen (secondary N) is 1. The van der Waals surface area contributed by atoms with Gasteiger partial charge in [0.25, 0.3) is 0 Å². The molecule has 122 valence electrons. The van der Waals surface area contributed by atoms with Crippen LogP contribution in [0.4, 0.5) is 5.69 Å². The number of amides is 1. The topological polar surface area (TPSA) is 38.3 Å². The number of aryl methyl sites for hydroxylation is 2. The maximum absolute atomic E-state index is 12.9. The number of carbonyl (C=O) groups excluding carboxylic acids is 1. The van der Waals surface area contributed by atoms with Gasteiger partial charge in [0.2, 0.25) is 5.91 Å². The van der Waals surface area contributed by atoms with E-state index >= 15 is 0 Å². The molecule has 1 N–H and O–H groups in total. The van der Waals surface area contributed by atoms with Crippen LogP contribution in [-0.2, 0) is 16.6 Å². The second-order valence-electron chi connectivity index (χ2n) is 6.27. The van der Waals surface area contributed by atoms with Crippen LogP contribution in [0, 0.1) is 6.92 Å². The highest BCUT2D eigenvalue weighted by atomic mass is 16.5. The molecule has 3 nitrogen and oxygen atoms in total. The van der Waals surface area contributed by atoms with E-state index in [0.717, 1.165) is 34.5 Å². The fourth-order valence-corrected chi connectivity index (χ4v) is 2.61. The van der Waals surface area contributed by atoms with Crippen LogP contribution in [0.15, 0.2) is 42.5 Å². The van der Waals surface area contributed by atoms with E-state index in [4.69, 9.17) is 4.74 Å². The molecule has 0 spiro atoms. The smallest absolute Gasteiger partial charge is 0.234 e. The van der Waals surface area contributed by atoms with Crippen LogP contribution >= 0.6 is 0 Å². The first-order valence-electron chi connectivity index (χ1n) is 7.94. The van der Waals surface area contributed by atoms with Gasteiger partial charge in [-0.05, 0) is 56.0 Å². The van der Waals surface area contributed by atoms with E-state index in [1.54, 1.807) is 7.11 Å². The van der Waals surface area contributed by atoms with Crippen molar-refractivity contribution in [2.75, 3.05) is 12.4 Å². The highest BCUT2D eigenvalue weighted by Crippen LogP contribution is 2.29. The second-order valence-corrected chi connectivity index (χ2v) is 6.27. The van der Waals surface area contributed by atoms with Crippen LogP contribution in [0.1, 0.15) is 37.5 Å². The molecule has 0 aliphatic heterocycles. The number of rotatable bonds is 5. The maximum atomic E-state index is 12.9. The summed E-state index contributed by atoms with van der Waals surface area (Å²) >= 11 is 0. The molecule has 0 heterocycles. The summed E-state index contributed by atoms with van der Waals surface area (Å²) in [6, 6.07) is 13.8. The number of ether oxygens (including phenoxy) is 1. The zero-order chi connectivity index (χ0) is 17.0. The van der Waals surface area contributed by atoms with Gasteiger partial charge >= 0.3 is 0 Å². The van der Waals surface area contributed by atoms with Crippen molar-refractivity contribution in [2.45, 2.75) is 39.5 Å². The summed E-state index contributed by atoms with van der Waals surface area (Å²) in [5.41, 5.74) is 3.51. The molecule has 2 aromatic carbocycles. The summed E-state index contributed by atoms with van der Waals surface area (Å²) in [6.07, 6.45) is 0.889. The Morgan fingerprint density at radius 3 is 2.35 bits per heavy atom. The summed E-state index contributed by atoms with van der Waals surface area (Å²) in [7, 11) is 1.64. The lowest BCUT2D eigenvalue weighted by atomic mass is 9.83. The predicted octanol–water partition coefficient (Wildman–Crippen LogP) is 4.48. The molecule has 0 aromatic heterocycles. The normalized spacial score (nSPS) is 11.2. The van der Waals surface area contributed by atoms with Crippen molar-refractivity contribution in [3.05, 3.63) is 59.2 Å². The van der Waals surface area contributed by atoms with Gasteiger partial charge in [0.1, 0.15) is 5.75 Å². The molecule has 0 saturated heterocycles. The molecule has 0 unspecified atom stereocenters. The van der Waals surface area contributed by atoms with E-state index in [9.17, 15) is 4.79 Å². The molecule has 23 heavy (non-hydrogen) atoms. The van der Waals surface area contributed by atoms with Gasteiger partial charge in [0.05, 0.1) is 12.5 Å². The van der Waals surface area contributed by atoms with E-state index < -0.39 is 5.41 Å². The van der Waals surface area contributed by atoms with E-state index in [1.807, 2.05) is 57.2 Å². The highest BCUT2D eigenvalue weighted by Gasteiger charge is 2.30. The van der Waals surface area contributed by atoms with Gasteiger partial charge in [-0.25, -0.2) is 0 Å². The van der Waals surface area contributed by atoms with Crippen molar-refractivity contribution >= 4 is 11.6 Å². The summed E-state index contributed by atoms with van der Waals surface area (Å²) in [6.45, 7) is 8.00. The lowest BCUT2D eigenvalue weighted by Gasteiger charge is -2.25. The molecule has 2 rings (SSSR count). The van der Waals surface area contributed by atoms with Gasteiger partial charge in [-0.2, -0.15) is 0 Å². The van der Waals surface area contributed by atoms with Crippen LogP contribution in [0.2, 0.25) is 0 Å². The van der Waals surface area contributed by atoms with Crippen molar-refractivity contribution in [3.63, 3.8) is 0 Å². The molecule has 0 saturated carbocycles. The molecular formula is C20H25NO2. The Morgan fingerprint density at radius 1 is 1.13 bits per heavy atom. The standard InChI is InChI=1S/C20H25NO2/c1-6-15-9-7-8-14(2)18(15)21-19(22)20(3,4)16-10-12-17(23-5)13-11-16/h7-13H,6H2,1-5H3,(H,21,22). The quantitative estimate of drug-likeness (QED) is 0.884. The van der Waals surface area contributed by atoms with Crippen molar-refractivity contribution in [3.8, 4) is 5.75 Å². The molecule has 2 aromatic rings. The van der Waals surface area contributed by atoms with E-state index in [0.29, 0.717) is 0 Å². The van der Waals surface area contributed by atoms with Crippen LogP contribution in [0.5, 0.6) is 5.75 Å². The average molecular weight is 311 g/mol. The minimum absolute atomic E-state index is 0.00772. The van der Waals surface area contributed by atoms with E-state index in [2.05, 4.69) is 18.3 Å². The summed E-state index contributed by atoms with van der Waals surface area (Å²) in [5.74, 6) is 0.781. The minimum Gasteiger partial charge on any atom is -0.497 e. The van der Waals surface area contributed by atoms with Crippen LogP contribution in [-0.4, -0.2) is 13.0 Å². The first kappa shape index (κ1) is 17.1. The largest absolute Gasteiger partial charge is 0.497 e. The van der Waals surface area contributed by atoms with Gasteiger partial charge in [-0.1, -0.05) is 37.3 Å². The monoisotopic (exact) mass is 311 g/mol. The van der Waals surface area contributed by atoms with Gasteiger partial charge in [0.15, 0.2) is 0 Å². The Labute approximate surface area is 138 Å². The number of carbonyl (C=O) groups is 1. The summed E-state index contributed by atoms with van der Waals surface area (Å²) in [4.78, 5) is 12.9. The third-order valence-corrected chi connectivity index (χ3v) is 4.36. The summed E-state index contributed by atoms with van der Waals surface area (Å²) in [5, 5.41) is 3.13. The fraction of sp³-hybridized carbons (Fsp3) is 0.350. The Hall–Kier alpha value is -2.29. The van der Waals surface area contributed by atoms with Gasteiger partial charge in [0, 0.05) is 5.69 Å². The number of anilines is 1. The third kappa shape index (κ3) is 3.55. The predicted molar refractivity (Wildman–Crippen MR) is 95.2 cm³/mol. The molecule has 0 fully saturated rings. The fourth-order valence-electron chi connectivity index (χ4n) is 2.61. The molecule has 0 aliphatic rings. The lowest BCUT2D eigenvalue weighted by Crippen LogP contribution is -2.35. The van der Waals surface area contributed by atoms with Crippen molar-refractivity contribution < 1.29 is 9.53 Å². The van der Waals surface area contributed by atoms with Gasteiger partial charge < -0.3 is 10.1 Å². The van der Waals surface area contributed by atoms with Crippen LogP contribution in [0.25, 0.3) is 0 Å². The molecule has 0 atom stereocenters. The number of para-hydroxylation sites is 1. The molecule has 3 heteroatoms. The Bertz CT molecular complexity index is 687. The Morgan fingerprint density at radius 2 is 1.78 bits per heavy atom. The van der Waals surface area contributed by atoms with Crippen molar-refractivity contribution in [2.24, 2.45) is 0 Å². The van der Waals surface area contributed by atoms with Gasteiger partial charge in [-0.3, -0.25) is 4.79 Å². The first-order chi connectivity index (χ1) is 10.9. The van der Waals surface area contributed by atoms with Crippen LogP contribution < -0.4 is 10.1 Å². The molecule has 0 aliphatic carbocycles. The summed E-state index contributed by atoms with van der Waals surface area (Å²) < 4.78 is 5.18. The molecule has 0 bridgehead atoms.